The summed E-state index contributed by atoms with van der Waals surface area (Å²) < 4.78 is 24.6. The van der Waals surface area contributed by atoms with E-state index in [1.165, 1.54) is 0 Å². The van der Waals surface area contributed by atoms with Gasteiger partial charge in [-0.1, -0.05) is 0 Å². The van der Waals surface area contributed by atoms with Crippen molar-refractivity contribution < 1.29 is 8.42 Å². The van der Waals surface area contributed by atoms with Crippen LogP contribution in [0.1, 0.15) is 13.8 Å². The van der Waals surface area contributed by atoms with Crippen LogP contribution in [0.15, 0.2) is 35.5 Å². The smallest absolute Gasteiger partial charge is 0.239 e. The summed E-state index contributed by atoms with van der Waals surface area (Å²) in [6.07, 6.45) is 3.43. The number of anilines is 1. The lowest BCUT2D eigenvalue weighted by Crippen LogP contribution is -2.54. The summed E-state index contributed by atoms with van der Waals surface area (Å²) in [5.41, 5.74) is 2.11. The van der Waals surface area contributed by atoms with Crippen LogP contribution in [0.3, 0.4) is 0 Å². The number of sulfonamides is 1. The van der Waals surface area contributed by atoms with E-state index in [0.717, 1.165) is 24.3 Å². The quantitative estimate of drug-likeness (QED) is 0.859. The topological polar surface area (TPSA) is 79.8 Å². The number of aromatic nitrogens is 1. The zero-order chi connectivity index (χ0) is 15.2. The van der Waals surface area contributed by atoms with Gasteiger partial charge >= 0.3 is 0 Å². The number of piperazine rings is 1. The van der Waals surface area contributed by atoms with Crippen molar-refractivity contribution in [2.24, 2.45) is 5.14 Å². The minimum Gasteiger partial charge on any atom is -0.367 e. The van der Waals surface area contributed by atoms with Crippen molar-refractivity contribution in [1.82, 2.24) is 9.72 Å². The molecule has 1 fully saturated rings. The molecular formula is C14H20N4O2S. The molecular weight excluding hydrogens is 288 g/mol. The Bertz CT molecular complexity index is 758. The second-order valence-corrected chi connectivity index (χ2v) is 7.34. The Hall–Kier alpha value is -1.57. The van der Waals surface area contributed by atoms with Crippen LogP contribution in [-0.4, -0.2) is 38.0 Å². The van der Waals surface area contributed by atoms with Crippen LogP contribution in [0.5, 0.6) is 0 Å². The van der Waals surface area contributed by atoms with E-state index >= 15 is 0 Å². The van der Waals surface area contributed by atoms with Gasteiger partial charge in [0.1, 0.15) is 0 Å². The highest BCUT2D eigenvalue weighted by Crippen LogP contribution is 2.26. The molecule has 21 heavy (non-hydrogen) atoms. The van der Waals surface area contributed by atoms with Gasteiger partial charge in [-0.3, -0.25) is 0 Å². The molecule has 0 aliphatic carbocycles. The number of nitrogens with zero attached hydrogens (tertiary/aromatic N) is 2. The summed E-state index contributed by atoms with van der Waals surface area (Å²) in [5, 5.41) is 8.68. The number of fused-ring (bicyclic) bond motifs is 1. The van der Waals surface area contributed by atoms with Crippen LogP contribution < -0.4 is 15.4 Å². The molecule has 2 aromatic heterocycles. The summed E-state index contributed by atoms with van der Waals surface area (Å²) in [7, 11) is -3.67. The Morgan fingerprint density at radius 2 is 1.86 bits per heavy atom. The zero-order valence-corrected chi connectivity index (χ0v) is 13.0. The first-order valence-electron chi connectivity index (χ1n) is 6.99. The second-order valence-electron chi connectivity index (χ2n) is 5.78. The van der Waals surface area contributed by atoms with E-state index in [1.54, 1.807) is 12.3 Å². The molecule has 6 nitrogen and oxygen atoms in total. The molecule has 0 aromatic carbocycles. The van der Waals surface area contributed by atoms with Gasteiger partial charge in [-0.25, -0.2) is 13.6 Å². The van der Waals surface area contributed by atoms with E-state index in [9.17, 15) is 8.42 Å². The van der Waals surface area contributed by atoms with Crippen molar-refractivity contribution in [3.63, 3.8) is 0 Å². The molecule has 0 saturated carbocycles. The molecule has 7 heteroatoms. The average Bonchev–Trinajstić information content (AvgIpc) is 2.79. The first kappa shape index (κ1) is 14.4. The lowest BCUT2D eigenvalue weighted by Gasteiger charge is -2.37. The molecule has 2 aromatic rings. The molecule has 1 aliphatic heterocycles. The second kappa shape index (κ2) is 5.01. The Labute approximate surface area is 124 Å². The lowest BCUT2D eigenvalue weighted by molar-refractivity contribution is 0.407. The third-order valence-electron chi connectivity index (χ3n) is 3.83. The van der Waals surface area contributed by atoms with Crippen molar-refractivity contribution in [2.45, 2.75) is 30.8 Å². The number of pyridine rings is 1. The minimum absolute atomic E-state index is 0.124. The van der Waals surface area contributed by atoms with Crippen LogP contribution >= 0.6 is 0 Å². The van der Waals surface area contributed by atoms with E-state index < -0.39 is 10.0 Å². The van der Waals surface area contributed by atoms with E-state index in [4.69, 9.17) is 5.14 Å². The van der Waals surface area contributed by atoms with Crippen molar-refractivity contribution in [2.75, 3.05) is 18.0 Å². The van der Waals surface area contributed by atoms with Crippen LogP contribution in [0, 0.1) is 0 Å². The molecule has 2 atom stereocenters. The minimum atomic E-state index is -3.67. The van der Waals surface area contributed by atoms with Gasteiger partial charge in [0.25, 0.3) is 0 Å². The summed E-state index contributed by atoms with van der Waals surface area (Å²) in [6.45, 7) is 6.20. The van der Waals surface area contributed by atoms with Crippen LogP contribution in [0.4, 0.5) is 5.69 Å². The van der Waals surface area contributed by atoms with Gasteiger partial charge in [0.05, 0.1) is 16.1 Å². The van der Waals surface area contributed by atoms with Crippen LogP contribution in [0.2, 0.25) is 0 Å². The molecule has 3 heterocycles. The van der Waals surface area contributed by atoms with Crippen LogP contribution in [0.25, 0.3) is 5.52 Å². The van der Waals surface area contributed by atoms with Gasteiger partial charge in [-0.05, 0) is 32.0 Å². The largest absolute Gasteiger partial charge is 0.367 e. The Morgan fingerprint density at radius 1 is 1.19 bits per heavy atom. The fraction of sp³-hybridized carbons (Fsp3) is 0.429. The maximum Gasteiger partial charge on any atom is 0.239 e. The number of nitrogens with one attached hydrogen (secondary N) is 1. The number of hydrogen-bond donors (Lipinski definition) is 2. The van der Waals surface area contributed by atoms with E-state index in [0.29, 0.717) is 12.1 Å². The number of nitrogens with two attached hydrogens (primary N) is 1. The zero-order valence-electron chi connectivity index (χ0n) is 12.2. The molecule has 3 N–H and O–H groups in total. The summed E-state index contributed by atoms with van der Waals surface area (Å²) >= 11 is 0. The molecule has 0 spiro atoms. The monoisotopic (exact) mass is 308 g/mol. The van der Waals surface area contributed by atoms with Gasteiger partial charge < -0.3 is 14.6 Å². The Kier molecular flexibility index (Phi) is 3.43. The Morgan fingerprint density at radius 3 is 2.48 bits per heavy atom. The van der Waals surface area contributed by atoms with E-state index in [2.05, 4.69) is 24.1 Å². The SMILES string of the molecule is C[C@H]1CN(c2ccn3cc(S(N)(=O)=O)ccc23)C[C@H](C)N1. The average molecular weight is 308 g/mol. The molecule has 0 radical (unpaired) electrons. The fourth-order valence-electron chi connectivity index (χ4n) is 3.03. The standard InChI is InChI=1S/C14H20N4O2S/c1-10-7-18(8-11(2)16-10)14-5-6-17-9-12(21(15,19)20)3-4-13(14)17/h3-6,9-11,16H,7-8H2,1-2H3,(H2,15,19,20)/t10-,11-/m0/s1. The van der Waals surface area contributed by atoms with Gasteiger partial charge in [-0.15, -0.1) is 0 Å². The Balaban J connectivity index is 2.01. The normalized spacial score (nSPS) is 23.7. The summed E-state index contributed by atoms with van der Waals surface area (Å²) in [5.74, 6) is 0. The van der Waals surface area contributed by atoms with Crippen molar-refractivity contribution >= 4 is 21.2 Å². The van der Waals surface area contributed by atoms with Crippen molar-refractivity contribution in [1.29, 1.82) is 0 Å². The highest BCUT2D eigenvalue weighted by molar-refractivity contribution is 7.89. The number of hydrogen-bond acceptors (Lipinski definition) is 4. The fourth-order valence-corrected chi connectivity index (χ4v) is 3.55. The summed E-state index contributed by atoms with van der Waals surface area (Å²) in [4.78, 5) is 2.46. The predicted octanol–water partition coefficient (Wildman–Crippen LogP) is 0.773. The van der Waals surface area contributed by atoms with Crippen molar-refractivity contribution in [3.05, 3.63) is 30.6 Å². The first-order chi connectivity index (χ1) is 9.84. The van der Waals surface area contributed by atoms with Gasteiger partial charge in [0, 0.05) is 37.6 Å². The van der Waals surface area contributed by atoms with Gasteiger partial charge in [0.2, 0.25) is 10.0 Å². The molecule has 3 rings (SSSR count). The molecule has 0 unspecified atom stereocenters. The highest BCUT2D eigenvalue weighted by Gasteiger charge is 2.23. The van der Waals surface area contributed by atoms with E-state index in [1.807, 2.05) is 22.7 Å². The molecule has 114 valence electrons. The highest BCUT2D eigenvalue weighted by atomic mass is 32.2. The third-order valence-corrected chi connectivity index (χ3v) is 4.73. The van der Waals surface area contributed by atoms with Gasteiger partial charge in [-0.2, -0.15) is 0 Å². The lowest BCUT2D eigenvalue weighted by atomic mass is 10.1. The molecule has 1 saturated heterocycles. The predicted molar refractivity (Wildman–Crippen MR) is 83.0 cm³/mol. The van der Waals surface area contributed by atoms with Crippen LogP contribution in [-0.2, 0) is 10.0 Å². The molecule has 0 amide bonds. The third kappa shape index (κ3) is 2.76. The van der Waals surface area contributed by atoms with Crippen molar-refractivity contribution in [3.8, 4) is 0 Å². The maximum atomic E-state index is 11.4. The van der Waals surface area contributed by atoms with E-state index in [-0.39, 0.29) is 4.90 Å². The molecule has 1 aliphatic rings. The number of primary sulfonamides is 1. The van der Waals surface area contributed by atoms with Gasteiger partial charge in [0.15, 0.2) is 0 Å². The maximum absolute atomic E-state index is 11.4. The first-order valence-corrected chi connectivity index (χ1v) is 8.54. The summed E-state index contributed by atoms with van der Waals surface area (Å²) in [6, 6.07) is 6.24. The number of rotatable bonds is 2. The molecule has 0 bridgehead atoms.